The average molecular weight is 319 g/mol. The monoisotopic (exact) mass is 319 g/mol. The maximum atomic E-state index is 12.8. The number of carbonyl (C=O) groups is 2. The number of primary amides is 1. The van der Waals surface area contributed by atoms with Gasteiger partial charge in [0.05, 0.1) is 5.75 Å². The number of nitrogens with two attached hydrogens (primary N) is 1. The van der Waals surface area contributed by atoms with Crippen LogP contribution in [0.1, 0.15) is 11.7 Å². The highest BCUT2D eigenvalue weighted by molar-refractivity contribution is 8.00. The van der Waals surface area contributed by atoms with Crippen molar-refractivity contribution in [2.45, 2.75) is 11.0 Å². The van der Waals surface area contributed by atoms with Gasteiger partial charge in [-0.3, -0.25) is 9.59 Å². The van der Waals surface area contributed by atoms with E-state index in [2.05, 4.69) is 0 Å². The third-order valence-electron chi connectivity index (χ3n) is 2.78. The summed E-state index contributed by atoms with van der Waals surface area (Å²) in [5, 5.41) is 0. The van der Waals surface area contributed by atoms with Crippen LogP contribution in [-0.2, 0) is 14.3 Å². The minimum Gasteiger partial charge on any atom is -0.447 e. The molecule has 0 aliphatic rings. The number of esters is 1. The molecule has 2 aromatic rings. The van der Waals surface area contributed by atoms with Crippen LogP contribution in [-0.4, -0.2) is 17.6 Å². The number of ether oxygens (including phenoxy) is 1. The summed E-state index contributed by atoms with van der Waals surface area (Å²) in [4.78, 5) is 24.0. The lowest BCUT2D eigenvalue weighted by Gasteiger charge is -2.14. The molecule has 2 aromatic carbocycles. The van der Waals surface area contributed by atoms with Crippen LogP contribution in [0.3, 0.4) is 0 Å². The van der Waals surface area contributed by atoms with Crippen LogP contribution in [0, 0.1) is 5.82 Å². The first kappa shape index (κ1) is 16.0. The molecule has 1 amide bonds. The summed E-state index contributed by atoms with van der Waals surface area (Å²) in [6.07, 6.45) is -1.11. The molecule has 4 nitrogen and oxygen atoms in total. The Labute approximate surface area is 131 Å². The summed E-state index contributed by atoms with van der Waals surface area (Å²) in [5.74, 6) is -1.64. The Balaban J connectivity index is 1.94. The topological polar surface area (TPSA) is 69.4 Å². The van der Waals surface area contributed by atoms with Crippen LogP contribution in [0.15, 0.2) is 59.5 Å². The molecule has 6 heteroatoms. The van der Waals surface area contributed by atoms with E-state index in [1.807, 2.05) is 0 Å². The quantitative estimate of drug-likeness (QED) is 0.656. The van der Waals surface area contributed by atoms with Crippen LogP contribution in [0.25, 0.3) is 0 Å². The zero-order valence-electron chi connectivity index (χ0n) is 11.6. The minimum absolute atomic E-state index is 0.00223. The Morgan fingerprint density at radius 3 is 2.32 bits per heavy atom. The first-order chi connectivity index (χ1) is 10.6. The number of rotatable bonds is 6. The van der Waals surface area contributed by atoms with Gasteiger partial charge in [0.25, 0.3) is 5.91 Å². The van der Waals surface area contributed by atoms with Gasteiger partial charge in [-0.1, -0.05) is 30.3 Å². The van der Waals surface area contributed by atoms with Crippen LogP contribution in [0.4, 0.5) is 4.39 Å². The van der Waals surface area contributed by atoms with Crippen LogP contribution < -0.4 is 5.73 Å². The molecule has 0 saturated heterocycles. The molecule has 0 fully saturated rings. The maximum Gasteiger partial charge on any atom is 0.317 e. The predicted octanol–water partition coefficient (Wildman–Crippen LogP) is 2.69. The lowest BCUT2D eigenvalue weighted by Crippen LogP contribution is -2.26. The lowest BCUT2D eigenvalue weighted by molar-refractivity contribution is -0.152. The number of hydrogen-bond acceptors (Lipinski definition) is 4. The van der Waals surface area contributed by atoms with Gasteiger partial charge >= 0.3 is 5.97 Å². The highest BCUT2D eigenvalue weighted by Gasteiger charge is 2.22. The molecule has 1 unspecified atom stereocenters. The number of thioether (sulfide) groups is 1. The Morgan fingerprint density at radius 2 is 1.73 bits per heavy atom. The van der Waals surface area contributed by atoms with Gasteiger partial charge in [-0.2, -0.15) is 0 Å². The molecule has 0 saturated carbocycles. The molecule has 0 spiro atoms. The van der Waals surface area contributed by atoms with Crippen LogP contribution in [0.5, 0.6) is 0 Å². The maximum absolute atomic E-state index is 12.8. The molecule has 0 heterocycles. The molecule has 0 aliphatic heterocycles. The first-order valence-corrected chi connectivity index (χ1v) is 7.47. The summed E-state index contributed by atoms with van der Waals surface area (Å²) < 4.78 is 17.9. The highest BCUT2D eigenvalue weighted by Crippen LogP contribution is 2.21. The van der Waals surface area contributed by atoms with Crippen molar-refractivity contribution in [1.29, 1.82) is 0 Å². The normalized spacial score (nSPS) is 11.7. The first-order valence-electron chi connectivity index (χ1n) is 6.48. The van der Waals surface area contributed by atoms with E-state index in [1.54, 1.807) is 42.5 Å². The van der Waals surface area contributed by atoms with E-state index >= 15 is 0 Å². The lowest BCUT2D eigenvalue weighted by atomic mass is 10.1. The average Bonchev–Trinajstić information content (AvgIpc) is 2.52. The van der Waals surface area contributed by atoms with Crippen molar-refractivity contribution in [1.82, 2.24) is 0 Å². The summed E-state index contributed by atoms with van der Waals surface area (Å²) in [5.41, 5.74) is 5.80. The summed E-state index contributed by atoms with van der Waals surface area (Å²) in [7, 11) is 0. The molecular formula is C16H14FNO3S. The number of halogens is 1. The SMILES string of the molecule is NC(=O)C(OC(=O)CSc1ccc(F)cc1)c1ccccc1. The standard InChI is InChI=1S/C16H14FNO3S/c17-12-6-8-13(9-7-12)22-10-14(19)21-15(16(18)20)11-4-2-1-3-5-11/h1-9,15H,10H2,(H2,18,20). The van der Waals surface area contributed by atoms with E-state index in [0.717, 1.165) is 4.90 Å². The van der Waals surface area contributed by atoms with E-state index in [1.165, 1.54) is 23.9 Å². The van der Waals surface area contributed by atoms with Gasteiger partial charge in [0.2, 0.25) is 6.10 Å². The van der Waals surface area contributed by atoms with Gasteiger partial charge in [-0.25, -0.2) is 4.39 Å². The molecule has 22 heavy (non-hydrogen) atoms. The largest absolute Gasteiger partial charge is 0.447 e. The Hall–Kier alpha value is -2.34. The predicted molar refractivity (Wildman–Crippen MR) is 81.6 cm³/mol. The van der Waals surface area contributed by atoms with Gasteiger partial charge in [-0.15, -0.1) is 11.8 Å². The second-order valence-corrected chi connectivity index (χ2v) is 5.47. The Morgan fingerprint density at radius 1 is 1.09 bits per heavy atom. The minimum atomic E-state index is -1.11. The molecule has 0 aliphatic carbocycles. The fraction of sp³-hybridized carbons (Fsp3) is 0.125. The number of benzene rings is 2. The molecule has 1 atom stereocenters. The van der Waals surface area contributed by atoms with Crippen LogP contribution >= 0.6 is 11.8 Å². The zero-order valence-corrected chi connectivity index (χ0v) is 12.4. The third kappa shape index (κ3) is 4.60. The number of carbonyl (C=O) groups excluding carboxylic acids is 2. The van der Waals surface area contributed by atoms with Crippen molar-refractivity contribution in [3.8, 4) is 0 Å². The van der Waals surface area contributed by atoms with Gasteiger partial charge in [-0.05, 0) is 24.3 Å². The molecular weight excluding hydrogens is 305 g/mol. The molecule has 2 N–H and O–H groups in total. The van der Waals surface area contributed by atoms with E-state index in [9.17, 15) is 14.0 Å². The molecule has 2 rings (SSSR count). The summed E-state index contributed by atoms with van der Waals surface area (Å²) in [6, 6.07) is 14.3. The van der Waals surface area contributed by atoms with E-state index in [-0.39, 0.29) is 11.6 Å². The van der Waals surface area contributed by atoms with Gasteiger partial charge < -0.3 is 10.5 Å². The van der Waals surface area contributed by atoms with E-state index in [4.69, 9.17) is 10.5 Å². The summed E-state index contributed by atoms with van der Waals surface area (Å²) >= 11 is 1.19. The van der Waals surface area contributed by atoms with Gasteiger partial charge in [0, 0.05) is 10.5 Å². The van der Waals surface area contributed by atoms with E-state index in [0.29, 0.717) is 5.56 Å². The van der Waals surface area contributed by atoms with Crippen molar-refractivity contribution in [3.05, 3.63) is 66.0 Å². The van der Waals surface area contributed by atoms with Crippen molar-refractivity contribution < 1.29 is 18.7 Å². The second kappa shape index (κ2) is 7.61. The number of hydrogen-bond donors (Lipinski definition) is 1. The fourth-order valence-electron chi connectivity index (χ4n) is 1.76. The van der Waals surface area contributed by atoms with Crippen molar-refractivity contribution in [3.63, 3.8) is 0 Å². The van der Waals surface area contributed by atoms with Crippen LogP contribution in [0.2, 0.25) is 0 Å². The highest BCUT2D eigenvalue weighted by atomic mass is 32.2. The third-order valence-corrected chi connectivity index (χ3v) is 3.77. The molecule has 0 radical (unpaired) electrons. The Bertz CT molecular complexity index is 646. The Kier molecular flexibility index (Phi) is 5.55. The molecule has 114 valence electrons. The smallest absolute Gasteiger partial charge is 0.317 e. The van der Waals surface area contributed by atoms with Gasteiger partial charge in [0.15, 0.2) is 0 Å². The second-order valence-electron chi connectivity index (χ2n) is 4.43. The van der Waals surface area contributed by atoms with Crippen molar-refractivity contribution in [2.75, 3.05) is 5.75 Å². The van der Waals surface area contributed by atoms with Gasteiger partial charge in [0.1, 0.15) is 5.82 Å². The zero-order chi connectivity index (χ0) is 15.9. The summed E-state index contributed by atoms with van der Waals surface area (Å²) in [6.45, 7) is 0. The number of amides is 1. The van der Waals surface area contributed by atoms with Crippen molar-refractivity contribution >= 4 is 23.6 Å². The fourth-order valence-corrected chi connectivity index (χ4v) is 2.44. The molecule has 0 aromatic heterocycles. The van der Waals surface area contributed by atoms with E-state index < -0.39 is 18.0 Å². The molecule has 0 bridgehead atoms. The van der Waals surface area contributed by atoms with Crippen molar-refractivity contribution in [2.24, 2.45) is 5.73 Å².